The van der Waals surface area contributed by atoms with E-state index in [0.29, 0.717) is 5.65 Å². The number of carbonyl (C=O) groups excluding carboxylic acids is 2. The van der Waals surface area contributed by atoms with Gasteiger partial charge in [-0.15, -0.1) is 0 Å². The number of benzene rings is 1. The summed E-state index contributed by atoms with van der Waals surface area (Å²) in [7, 11) is 0. The first-order valence-corrected chi connectivity index (χ1v) is 8.07. The number of fused-ring (bicyclic) bond motifs is 1. The van der Waals surface area contributed by atoms with E-state index >= 15 is 0 Å². The summed E-state index contributed by atoms with van der Waals surface area (Å²) in [6.45, 7) is 3.59. The van der Waals surface area contributed by atoms with Crippen molar-refractivity contribution in [2.24, 2.45) is 0 Å². The number of hydrogen-bond acceptors (Lipinski definition) is 4. The van der Waals surface area contributed by atoms with E-state index in [9.17, 15) is 9.59 Å². The molecule has 0 unspecified atom stereocenters. The molecule has 6 nitrogen and oxygen atoms in total. The highest BCUT2D eigenvalue weighted by atomic mass is 16.5. The van der Waals surface area contributed by atoms with E-state index < -0.39 is 5.97 Å². The summed E-state index contributed by atoms with van der Waals surface area (Å²) in [5, 5.41) is 2.82. The molecule has 0 radical (unpaired) electrons. The summed E-state index contributed by atoms with van der Waals surface area (Å²) in [6, 6.07) is 11.3. The molecule has 0 spiro atoms. The maximum absolute atomic E-state index is 12.1. The largest absolute Gasteiger partial charge is 0.451 e. The molecule has 0 aliphatic rings. The summed E-state index contributed by atoms with van der Waals surface area (Å²) < 4.78 is 6.80. The van der Waals surface area contributed by atoms with Gasteiger partial charge in [0.1, 0.15) is 5.65 Å². The molecule has 3 rings (SSSR count). The first kappa shape index (κ1) is 16.7. The predicted molar refractivity (Wildman–Crippen MR) is 94.7 cm³/mol. The van der Waals surface area contributed by atoms with Gasteiger partial charge in [-0.1, -0.05) is 31.2 Å². The molecular formula is C19H19N3O3. The van der Waals surface area contributed by atoms with E-state index in [1.165, 1.54) is 0 Å². The third-order valence-electron chi connectivity index (χ3n) is 3.91. The minimum Gasteiger partial charge on any atom is -0.451 e. The van der Waals surface area contributed by atoms with Gasteiger partial charge >= 0.3 is 5.97 Å². The second kappa shape index (κ2) is 7.17. The van der Waals surface area contributed by atoms with E-state index in [2.05, 4.69) is 10.3 Å². The number of amides is 1. The molecule has 6 heteroatoms. The number of aryl methyl sites for hydroxylation is 2. The molecule has 128 valence electrons. The molecular weight excluding hydrogens is 318 g/mol. The number of carbonyl (C=O) groups is 2. The number of hydrogen-bond donors (Lipinski definition) is 1. The number of esters is 1. The lowest BCUT2D eigenvalue weighted by Gasteiger charge is -2.12. The number of anilines is 1. The Balaban J connectivity index is 1.63. The Bertz CT molecular complexity index is 898. The zero-order chi connectivity index (χ0) is 17.8. The smallest absolute Gasteiger partial charge is 0.359 e. The highest BCUT2D eigenvalue weighted by Crippen LogP contribution is 2.20. The number of para-hydroxylation sites is 1. The standard InChI is InChI=1S/C19H19N3O3/c1-3-14-8-6-7-13(2)18(14)21-17(23)12-25-19(24)15-11-22-10-5-4-9-16(22)20-15/h4-11H,3,12H2,1-2H3,(H,21,23). The Morgan fingerprint density at radius 1 is 1.20 bits per heavy atom. The van der Waals surface area contributed by atoms with Crippen molar-refractivity contribution >= 4 is 23.2 Å². The predicted octanol–water partition coefficient (Wildman–Crippen LogP) is 3.00. The minimum atomic E-state index is -0.626. The quantitative estimate of drug-likeness (QED) is 0.727. The van der Waals surface area contributed by atoms with Crippen LogP contribution in [0, 0.1) is 6.92 Å². The van der Waals surface area contributed by atoms with Crippen molar-refractivity contribution in [1.82, 2.24) is 9.38 Å². The van der Waals surface area contributed by atoms with Crippen LogP contribution >= 0.6 is 0 Å². The lowest BCUT2D eigenvalue weighted by molar-refractivity contribution is -0.119. The van der Waals surface area contributed by atoms with Crippen LogP contribution in [0.25, 0.3) is 5.65 Å². The van der Waals surface area contributed by atoms with Crippen LogP contribution in [0.3, 0.4) is 0 Å². The fourth-order valence-electron chi connectivity index (χ4n) is 2.62. The molecule has 0 saturated carbocycles. The molecule has 1 N–H and O–H groups in total. The monoisotopic (exact) mass is 337 g/mol. The second-order valence-electron chi connectivity index (χ2n) is 5.68. The molecule has 2 aromatic heterocycles. The number of nitrogens with one attached hydrogen (secondary N) is 1. The molecule has 1 aromatic carbocycles. The van der Waals surface area contributed by atoms with Crippen molar-refractivity contribution in [2.45, 2.75) is 20.3 Å². The average molecular weight is 337 g/mol. The van der Waals surface area contributed by atoms with E-state index in [0.717, 1.165) is 23.2 Å². The van der Waals surface area contributed by atoms with Gasteiger partial charge in [-0.25, -0.2) is 9.78 Å². The SMILES string of the molecule is CCc1cccc(C)c1NC(=O)COC(=O)c1cn2ccccc2n1. The third kappa shape index (κ3) is 3.68. The fourth-order valence-corrected chi connectivity index (χ4v) is 2.62. The van der Waals surface area contributed by atoms with Gasteiger partial charge in [0.15, 0.2) is 12.3 Å². The summed E-state index contributed by atoms with van der Waals surface area (Å²) in [6.07, 6.45) is 4.17. The first-order chi connectivity index (χ1) is 12.1. The Labute approximate surface area is 145 Å². The van der Waals surface area contributed by atoms with Gasteiger partial charge in [-0.05, 0) is 36.6 Å². The highest BCUT2D eigenvalue weighted by molar-refractivity contribution is 5.96. The van der Waals surface area contributed by atoms with E-state index in [1.54, 1.807) is 22.9 Å². The number of nitrogens with zero attached hydrogens (tertiary/aromatic N) is 2. The molecule has 1 amide bonds. The zero-order valence-electron chi connectivity index (χ0n) is 14.2. The van der Waals surface area contributed by atoms with Crippen LogP contribution in [-0.4, -0.2) is 27.9 Å². The summed E-state index contributed by atoms with van der Waals surface area (Å²) in [5.74, 6) is -1.000. The molecule has 0 bridgehead atoms. The average Bonchev–Trinajstić information content (AvgIpc) is 3.05. The van der Waals surface area contributed by atoms with Crippen molar-refractivity contribution in [2.75, 3.05) is 11.9 Å². The van der Waals surface area contributed by atoms with Crippen molar-refractivity contribution in [1.29, 1.82) is 0 Å². The Kier molecular flexibility index (Phi) is 4.79. The second-order valence-corrected chi connectivity index (χ2v) is 5.68. The molecule has 0 fully saturated rings. The summed E-state index contributed by atoms with van der Waals surface area (Å²) >= 11 is 0. The van der Waals surface area contributed by atoms with Crippen molar-refractivity contribution in [3.63, 3.8) is 0 Å². The number of ether oxygens (including phenoxy) is 1. The fraction of sp³-hybridized carbons (Fsp3) is 0.211. The van der Waals surface area contributed by atoms with Gasteiger partial charge in [0.2, 0.25) is 0 Å². The van der Waals surface area contributed by atoms with Gasteiger partial charge < -0.3 is 14.5 Å². The zero-order valence-corrected chi connectivity index (χ0v) is 14.2. The van der Waals surface area contributed by atoms with Crippen LogP contribution in [0.5, 0.6) is 0 Å². The van der Waals surface area contributed by atoms with Crippen LogP contribution < -0.4 is 5.32 Å². The van der Waals surface area contributed by atoms with Crippen molar-refractivity contribution in [3.05, 3.63) is 65.6 Å². The third-order valence-corrected chi connectivity index (χ3v) is 3.91. The van der Waals surface area contributed by atoms with Gasteiger partial charge in [0.05, 0.1) is 0 Å². The molecule has 0 atom stereocenters. The molecule has 2 heterocycles. The van der Waals surface area contributed by atoms with Crippen molar-refractivity contribution in [3.8, 4) is 0 Å². The van der Waals surface area contributed by atoms with E-state index in [-0.39, 0.29) is 18.2 Å². The normalized spacial score (nSPS) is 10.6. The van der Waals surface area contributed by atoms with Crippen LogP contribution in [0.1, 0.15) is 28.5 Å². The topological polar surface area (TPSA) is 72.7 Å². The molecule has 3 aromatic rings. The first-order valence-electron chi connectivity index (χ1n) is 8.07. The van der Waals surface area contributed by atoms with Gasteiger partial charge in [0, 0.05) is 18.1 Å². The van der Waals surface area contributed by atoms with E-state index in [1.807, 2.05) is 44.2 Å². The highest BCUT2D eigenvalue weighted by Gasteiger charge is 2.15. The Hall–Kier alpha value is -3.15. The molecule has 25 heavy (non-hydrogen) atoms. The summed E-state index contributed by atoms with van der Waals surface area (Å²) in [4.78, 5) is 28.4. The lowest BCUT2D eigenvalue weighted by Crippen LogP contribution is -2.22. The van der Waals surface area contributed by atoms with Gasteiger partial charge in [-0.2, -0.15) is 0 Å². The van der Waals surface area contributed by atoms with Crippen LogP contribution in [-0.2, 0) is 16.0 Å². The number of imidazole rings is 1. The van der Waals surface area contributed by atoms with Gasteiger partial charge in [-0.3, -0.25) is 4.79 Å². The maximum atomic E-state index is 12.1. The van der Waals surface area contributed by atoms with Crippen LogP contribution in [0.15, 0.2) is 48.8 Å². The maximum Gasteiger partial charge on any atom is 0.359 e. The minimum absolute atomic E-state index is 0.170. The van der Waals surface area contributed by atoms with Gasteiger partial charge in [0.25, 0.3) is 5.91 Å². The van der Waals surface area contributed by atoms with Crippen LogP contribution in [0.2, 0.25) is 0 Å². The number of aromatic nitrogens is 2. The molecule has 0 saturated heterocycles. The Morgan fingerprint density at radius 2 is 2.04 bits per heavy atom. The number of rotatable bonds is 5. The Morgan fingerprint density at radius 3 is 2.80 bits per heavy atom. The molecule has 0 aliphatic heterocycles. The van der Waals surface area contributed by atoms with E-state index in [4.69, 9.17) is 4.74 Å². The summed E-state index contributed by atoms with van der Waals surface area (Å²) in [5.41, 5.74) is 3.61. The molecule has 0 aliphatic carbocycles. The number of pyridine rings is 1. The van der Waals surface area contributed by atoms with Crippen molar-refractivity contribution < 1.29 is 14.3 Å². The van der Waals surface area contributed by atoms with Crippen LogP contribution in [0.4, 0.5) is 5.69 Å². The lowest BCUT2D eigenvalue weighted by atomic mass is 10.1.